The molecular formula is C13H21N3. The molecule has 0 amide bonds. The van der Waals surface area contributed by atoms with E-state index in [1.165, 1.54) is 0 Å². The molecule has 0 aliphatic heterocycles. The molecule has 16 heavy (non-hydrogen) atoms. The summed E-state index contributed by atoms with van der Waals surface area (Å²) in [5, 5.41) is 7.62. The van der Waals surface area contributed by atoms with Crippen LogP contribution in [0, 0.1) is 12.3 Å². The highest BCUT2D eigenvalue weighted by Gasteiger charge is 2.15. The molecule has 0 heterocycles. The van der Waals surface area contributed by atoms with Crippen molar-refractivity contribution in [3.63, 3.8) is 0 Å². The number of nitrogens with one attached hydrogen (secondary N) is 1. The number of anilines is 1. The third kappa shape index (κ3) is 2.35. The molecule has 0 aliphatic rings. The summed E-state index contributed by atoms with van der Waals surface area (Å²) in [5.41, 5.74) is 8.68. The van der Waals surface area contributed by atoms with Gasteiger partial charge in [-0.1, -0.05) is 19.1 Å². The molecule has 0 saturated heterocycles. The molecule has 0 bridgehead atoms. The van der Waals surface area contributed by atoms with Gasteiger partial charge < -0.3 is 10.6 Å². The number of hydrogen-bond donors (Lipinski definition) is 2. The number of nitrogens with two attached hydrogens (primary N) is 1. The molecule has 0 fully saturated rings. The summed E-state index contributed by atoms with van der Waals surface area (Å²) >= 11 is 0. The molecular weight excluding hydrogens is 198 g/mol. The van der Waals surface area contributed by atoms with E-state index in [1.807, 2.05) is 12.1 Å². The normalized spacial score (nSPS) is 12.2. The van der Waals surface area contributed by atoms with Crippen molar-refractivity contribution in [1.29, 1.82) is 5.41 Å². The Labute approximate surface area is 97.8 Å². The molecule has 0 aromatic heterocycles. The number of aryl methyl sites for hydroxylation is 1. The quantitative estimate of drug-likeness (QED) is 0.604. The maximum atomic E-state index is 7.62. The van der Waals surface area contributed by atoms with Crippen LogP contribution in [0.5, 0.6) is 0 Å². The molecule has 1 atom stereocenters. The Morgan fingerprint density at radius 2 is 2.12 bits per heavy atom. The zero-order valence-electron chi connectivity index (χ0n) is 10.5. The number of para-hydroxylation sites is 1. The number of amidine groups is 1. The Bertz CT molecular complexity index is 385. The predicted octanol–water partition coefficient (Wildman–Crippen LogP) is 2.51. The summed E-state index contributed by atoms with van der Waals surface area (Å²) in [5.74, 6) is 0.133. The molecule has 88 valence electrons. The van der Waals surface area contributed by atoms with Gasteiger partial charge in [0.05, 0.1) is 5.69 Å². The van der Waals surface area contributed by atoms with Crippen LogP contribution >= 0.6 is 0 Å². The standard InChI is InChI=1S/C13H21N3/c1-5-10(3)16(4)12-9(2)7-6-8-11(12)13(14)15/h6-8,10H,5H2,1-4H3,(H3,14,15). The lowest BCUT2D eigenvalue weighted by molar-refractivity contribution is 0.662. The Morgan fingerprint density at radius 1 is 1.50 bits per heavy atom. The van der Waals surface area contributed by atoms with E-state index < -0.39 is 0 Å². The third-order valence-corrected chi connectivity index (χ3v) is 3.13. The molecule has 3 N–H and O–H groups in total. The Balaban J connectivity index is 3.24. The van der Waals surface area contributed by atoms with Gasteiger partial charge in [0, 0.05) is 18.7 Å². The van der Waals surface area contributed by atoms with Gasteiger partial charge in [0.15, 0.2) is 0 Å². The van der Waals surface area contributed by atoms with Crippen LogP contribution in [0.15, 0.2) is 18.2 Å². The number of rotatable bonds is 4. The van der Waals surface area contributed by atoms with E-state index in [2.05, 4.69) is 38.8 Å². The van der Waals surface area contributed by atoms with E-state index in [0.717, 1.165) is 23.2 Å². The first-order valence-electron chi connectivity index (χ1n) is 5.65. The summed E-state index contributed by atoms with van der Waals surface area (Å²) in [6, 6.07) is 6.35. The minimum Gasteiger partial charge on any atom is -0.384 e. The topological polar surface area (TPSA) is 53.1 Å². The molecule has 1 aromatic carbocycles. The van der Waals surface area contributed by atoms with Gasteiger partial charge in [-0.3, -0.25) is 5.41 Å². The second kappa shape index (κ2) is 5.01. The molecule has 3 nitrogen and oxygen atoms in total. The van der Waals surface area contributed by atoms with Gasteiger partial charge >= 0.3 is 0 Å². The van der Waals surface area contributed by atoms with E-state index in [0.29, 0.717) is 6.04 Å². The second-order valence-electron chi connectivity index (χ2n) is 4.25. The van der Waals surface area contributed by atoms with Crippen molar-refractivity contribution in [1.82, 2.24) is 0 Å². The monoisotopic (exact) mass is 219 g/mol. The Kier molecular flexibility index (Phi) is 3.93. The van der Waals surface area contributed by atoms with Gasteiger partial charge in [0.1, 0.15) is 5.84 Å². The molecule has 3 heteroatoms. The van der Waals surface area contributed by atoms with Crippen LogP contribution < -0.4 is 10.6 Å². The lowest BCUT2D eigenvalue weighted by atomic mass is 10.0. The van der Waals surface area contributed by atoms with Gasteiger partial charge in [-0.2, -0.15) is 0 Å². The summed E-state index contributed by atoms with van der Waals surface area (Å²) in [6.07, 6.45) is 1.07. The lowest BCUT2D eigenvalue weighted by Gasteiger charge is -2.29. The van der Waals surface area contributed by atoms with Crippen LogP contribution in [0.4, 0.5) is 5.69 Å². The van der Waals surface area contributed by atoms with Gasteiger partial charge in [-0.05, 0) is 31.9 Å². The smallest absolute Gasteiger partial charge is 0.124 e. The van der Waals surface area contributed by atoms with Crippen LogP contribution in [0.25, 0.3) is 0 Å². The fourth-order valence-electron chi connectivity index (χ4n) is 1.84. The van der Waals surface area contributed by atoms with E-state index in [1.54, 1.807) is 0 Å². The third-order valence-electron chi connectivity index (χ3n) is 3.13. The van der Waals surface area contributed by atoms with Crippen LogP contribution in [0.3, 0.4) is 0 Å². The molecule has 0 spiro atoms. The van der Waals surface area contributed by atoms with Gasteiger partial charge in [-0.15, -0.1) is 0 Å². The van der Waals surface area contributed by atoms with Crippen molar-refractivity contribution in [3.8, 4) is 0 Å². The summed E-state index contributed by atoms with van der Waals surface area (Å²) < 4.78 is 0. The number of benzene rings is 1. The van der Waals surface area contributed by atoms with Gasteiger partial charge in [0.25, 0.3) is 0 Å². The molecule has 1 aromatic rings. The SMILES string of the molecule is CCC(C)N(C)c1c(C)cccc1C(=N)N. The molecule has 0 radical (unpaired) electrons. The maximum Gasteiger partial charge on any atom is 0.124 e. The van der Waals surface area contributed by atoms with Crippen molar-refractivity contribution < 1.29 is 0 Å². The van der Waals surface area contributed by atoms with Crippen LogP contribution in [-0.2, 0) is 0 Å². The van der Waals surface area contributed by atoms with E-state index in [-0.39, 0.29) is 5.84 Å². The molecule has 1 rings (SSSR count). The van der Waals surface area contributed by atoms with E-state index >= 15 is 0 Å². The summed E-state index contributed by atoms with van der Waals surface area (Å²) in [6.45, 7) is 6.39. The maximum absolute atomic E-state index is 7.62. The fourth-order valence-corrected chi connectivity index (χ4v) is 1.84. The second-order valence-corrected chi connectivity index (χ2v) is 4.25. The Hall–Kier alpha value is -1.51. The molecule has 0 aliphatic carbocycles. The zero-order chi connectivity index (χ0) is 12.3. The predicted molar refractivity (Wildman–Crippen MR) is 70.4 cm³/mol. The first-order chi connectivity index (χ1) is 7.49. The number of nitrogen functional groups attached to an aromatic ring is 1. The van der Waals surface area contributed by atoms with Crippen molar-refractivity contribution in [2.24, 2.45) is 5.73 Å². The van der Waals surface area contributed by atoms with E-state index in [9.17, 15) is 0 Å². The average molecular weight is 219 g/mol. The van der Waals surface area contributed by atoms with Crippen molar-refractivity contribution >= 4 is 11.5 Å². The van der Waals surface area contributed by atoms with Crippen molar-refractivity contribution in [2.75, 3.05) is 11.9 Å². The number of nitrogens with zero attached hydrogens (tertiary/aromatic N) is 1. The minimum atomic E-state index is 0.133. The van der Waals surface area contributed by atoms with Crippen molar-refractivity contribution in [2.45, 2.75) is 33.2 Å². The van der Waals surface area contributed by atoms with Crippen molar-refractivity contribution in [3.05, 3.63) is 29.3 Å². The van der Waals surface area contributed by atoms with Gasteiger partial charge in [-0.25, -0.2) is 0 Å². The first kappa shape index (κ1) is 12.6. The number of hydrogen-bond acceptors (Lipinski definition) is 2. The highest BCUT2D eigenvalue weighted by atomic mass is 15.1. The van der Waals surface area contributed by atoms with Crippen LogP contribution in [-0.4, -0.2) is 18.9 Å². The average Bonchev–Trinajstić information content (AvgIpc) is 2.26. The van der Waals surface area contributed by atoms with E-state index in [4.69, 9.17) is 11.1 Å². The van der Waals surface area contributed by atoms with Crippen LogP contribution in [0.1, 0.15) is 31.4 Å². The van der Waals surface area contributed by atoms with Gasteiger partial charge in [0.2, 0.25) is 0 Å². The highest BCUT2D eigenvalue weighted by molar-refractivity contribution is 6.01. The summed E-state index contributed by atoms with van der Waals surface area (Å²) in [7, 11) is 2.06. The molecule has 1 unspecified atom stereocenters. The fraction of sp³-hybridized carbons (Fsp3) is 0.462. The zero-order valence-corrected chi connectivity index (χ0v) is 10.5. The highest BCUT2D eigenvalue weighted by Crippen LogP contribution is 2.26. The summed E-state index contributed by atoms with van der Waals surface area (Å²) in [4.78, 5) is 2.20. The lowest BCUT2D eigenvalue weighted by Crippen LogP contribution is -2.31. The Morgan fingerprint density at radius 3 is 2.62 bits per heavy atom. The first-order valence-corrected chi connectivity index (χ1v) is 5.65. The minimum absolute atomic E-state index is 0.133. The molecule has 0 saturated carbocycles. The largest absolute Gasteiger partial charge is 0.384 e. The van der Waals surface area contributed by atoms with Crippen LogP contribution in [0.2, 0.25) is 0 Å².